The van der Waals surface area contributed by atoms with E-state index in [0.717, 1.165) is 41.8 Å². The first kappa shape index (κ1) is 21.5. The van der Waals surface area contributed by atoms with Crippen molar-refractivity contribution in [1.82, 2.24) is 25.1 Å². The van der Waals surface area contributed by atoms with Crippen LogP contribution in [0.4, 0.5) is 4.79 Å². The Labute approximate surface area is 194 Å². The fourth-order valence-corrected chi connectivity index (χ4v) is 5.10. The lowest BCUT2D eigenvalue weighted by Gasteiger charge is -2.41. The number of nitrogens with one attached hydrogen (secondary N) is 2. The van der Waals surface area contributed by atoms with Gasteiger partial charge < -0.3 is 15.2 Å². The fourth-order valence-electron chi connectivity index (χ4n) is 5.10. The molecule has 1 saturated carbocycles. The molecule has 2 aromatic carbocycles. The number of urea groups is 1. The minimum atomic E-state index is -0.177. The van der Waals surface area contributed by atoms with E-state index < -0.39 is 0 Å². The van der Waals surface area contributed by atoms with Crippen molar-refractivity contribution < 1.29 is 4.79 Å². The van der Waals surface area contributed by atoms with E-state index in [1.807, 2.05) is 53.4 Å². The number of nitriles is 1. The van der Waals surface area contributed by atoms with Gasteiger partial charge in [-0.25, -0.2) is 9.78 Å². The normalized spacial score (nSPS) is 20.0. The molecule has 1 atom stereocenters. The van der Waals surface area contributed by atoms with E-state index in [1.165, 1.54) is 19.3 Å². The van der Waals surface area contributed by atoms with E-state index in [-0.39, 0.29) is 18.1 Å². The summed E-state index contributed by atoms with van der Waals surface area (Å²) >= 11 is 0. The molecule has 5 rings (SSSR count). The van der Waals surface area contributed by atoms with Crippen LogP contribution in [0, 0.1) is 11.3 Å². The molecular weight excluding hydrogens is 412 g/mol. The topological polar surface area (TPSA) is 88.1 Å². The molecule has 1 aliphatic heterocycles. The lowest BCUT2D eigenvalue weighted by atomic mass is 9.95. The van der Waals surface area contributed by atoms with Crippen LogP contribution < -0.4 is 5.32 Å². The molecule has 1 unspecified atom stereocenters. The molecule has 7 nitrogen and oxygen atoms in total. The molecule has 1 saturated heterocycles. The van der Waals surface area contributed by atoms with E-state index in [0.29, 0.717) is 25.2 Å². The maximum absolute atomic E-state index is 13.3. The number of imidazole rings is 1. The first-order valence-electron chi connectivity index (χ1n) is 11.9. The van der Waals surface area contributed by atoms with Gasteiger partial charge in [0.1, 0.15) is 11.9 Å². The van der Waals surface area contributed by atoms with Gasteiger partial charge in [0.2, 0.25) is 0 Å². The Bertz CT molecular complexity index is 1130. The number of piperazine rings is 1. The molecule has 2 aliphatic rings. The molecule has 0 radical (unpaired) electrons. The van der Waals surface area contributed by atoms with Crippen molar-refractivity contribution in [3.8, 4) is 6.07 Å². The van der Waals surface area contributed by atoms with Gasteiger partial charge in [-0.1, -0.05) is 49.6 Å². The van der Waals surface area contributed by atoms with Gasteiger partial charge in [0, 0.05) is 32.2 Å². The average molecular weight is 443 g/mol. The molecular formula is C26H30N6O. The maximum Gasteiger partial charge on any atom is 0.318 e. The van der Waals surface area contributed by atoms with Crippen LogP contribution in [-0.4, -0.2) is 51.5 Å². The summed E-state index contributed by atoms with van der Waals surface area (Å²) in [5, 5.41) is 12.8. The predicted molar refractivity (Wildman–Crippen MR) is 127 cm³/mol. The van der Waals surface area contributed by atoms with Crippen molar-refractivity contribution in [3.05, 3.63) is 65.5 Å². The maximum atomic E-state index is 13.3. The number of rotatable bonds is 4. The number of aromatic nitrogens is 2. The van der Waals surface area contributed by atoms with Crippen LogP contribution in [0.15, 0.2) is 48.5 Å². The van der Waals surface area contributed by atoms with E-state index in [9.17, 15) is 10.1 Å². The number of amides is 2. The third-order valence-corrected chi connectivity index (χ3v) is 6.91. The highest BCUT2D eigenvalue weighted by Gasteiger charge is 2.34. The molecule has 2 N–H and O–H groups in total. The molecule has 1 aliphatic carbocycles. The predicted octanol–water partition coefficient (Wildman–Crippen LogP) is 4.34. The van der Waals surface area contributed by atoms with Crippen LogP contribution in [0.1, 0.15) is 55.1 Å². The first-order valence-corrected chi connectivity index (χ1v) is 11.9. The van der Waals surface area contributed by atoms with Gasteiger partial charge in [0.25, 0.3) is 0 Å². The Morgan fingerprint density at radius 2 is 1.88 bits per heavy atom. The molecule has 7 heteroatoms. The first-order chi connectivity index (χ1) is 16.2. The van der Waals surface area contributed by atoms with Gasteiger partial charge in [-0.3, -0.25) is 4.90 Å². The number of nitrogens with zero attached hydrogens (tertiary/aromatic N) is 4. The highest BCUT2D eigenvalue weighted by molar-refractivity contribution is 5.77. The van der Waals surface area contributed by atoms with Crippen LogP contribution in [0.3, 0.4) is 0 Å². The number of fused-ring (bicyclic) bond motifs is 1. The van der Waals surface area contributed by atoms with Crippen molar-refractivity contribution in [3.63, 3.8) is 0 Å². The number of benzene rings is 2. The molecule has 3 aromatic rings. The summed E-state index contributed by atoms with van der Waals surface area (Å²) in [6.45, 7) is 2.72. The minimum Gasteiger partial charge on any atom is -0.340 e. The third-order valence-electron chi connectivity index (χ3n) is 6.91. The van der Waals surface area contributed by atoms with Crippen molar-refractivity contribution in [2.24, 2.45) is 0 Å². The average Bonchev–Trinajstić information content (AvgIpc) is 3.29. The monoisotopic (exact) mass is 442 g/mol. The van der Waals surface area contributed by atoms with Crippen molar-refractivity contribution in [1.29, 1.82) is 5.26 Å². The molecule has 170 valence electrons. The lowest BCUT2D eigenvalue weighted by Crippen LogP contribution is -2.55. The van der Waals surface area contributed by atoms with Crippen molar-refractivity contribution in [2.75, 3.05) is 19.6 Å². The zero-order valence-electron chi connectivity index (χ0n) is 18.8. The molecule has 2 amide bonds. The van der Waals surface area contributed by atoms with Gasteiger partial charge in [0.15, 0.2) is 0 Å². The van der Waals surface area contributed by atoms with Crippen molar-refractivity contribution in [2.45, 2.75) is 50.7 Å². The smallest absolute Gasteiger partial charge is 0.318 e. The fraction of sp³-hybridized carbons (Fsp3) is 0.423. The van der Waals surface area contributed by atoms with Gasteiger partial charge >= 0.3 is 6.03 Å². The second-order valence-electron chi connectivity index (χ2n) is 9.14. The van der Waals surface area contributed by atoms with Crippen LogP contribution in [-0.2, 0) is 6.54 Å². The summed E-state index contributed by atoms with van der Waals surface area (Å²) in [6, 6.07) is 18.1. The summed E-state index contributed by atoms with van der Waals surface area (Å²) in [5.74, 6) is 0.813. The van der Waals surface area contributed by atoms with Gasteiger partial charge in [-0.2, -0.15) is 5.26 Å². The van der Waals surface area contributed by atoms with Crippen LogP contribution >= 0.6 is 0 Å². The van der Waals surface area contributed by atoms with Gasteiger partial charge in [-0.05, 0) is 36.6 Å². The SMILES string of the molecule is N#Cc1ccccc1CN1CCN(C(=O)NC2CCCCC2)C(c2nc3ccccc3[nH]2)C1. The number of H-pyrrole nitrogens is 1. The highest BCUT2D eigenvalue weighted by atomic mass is 16.2. The molecule has 2 fully saturated rings. The van der Waals surface area contributed by atoms with Gasteiger partial charge in [0.05, 0.1) is 22.7 Å². The molecule has 0 spiro atoms. The van der Waals surface area contributed by atoms with Crippen molar-refractivity contribution >= 4 is 17.1 Å². The summed E-state index contributed by atoms with van der Waals surface area (Å²) in [5.41, 5.74) is 3.61. The van der Waals surface area contributed by atoms with Crippen LogP contribution in [0.5, 0.6) is 0 Å². The van der Waals surface area contributed by atoms with E-state index in [1.54, 1.807) is 0 Å². The zero-order chi connectivity index (χ0) is 22.6. The Kier molecular flexibility index (Phi) is 6.27. The quantitative estimate of drug-likeness (QED) is 0.629. The highest BCUT2D eigenvalue weighted by Crippen LogP contribution is 2.28. The summed E-state index contributed by atoms with van der Waals surface area (Å²) < 4.78 is 0. The molecule has 2 heterocycles. The zero-order valence-corrected chi connectivity index (χ0v) is 18.8. The lowest BCUT2D eigenvalue weighted by molar-refractivity contribution is 0.0839. The molecule has 33 heavy (non-hydrogen) atoms. The minimum absolute atomic E-state index is 0.00410. The van der Waals surface area contributed by atoms with Gasteiger partial charge in [-0.15, -0.1) is 0 Å². The number of hydrogen-bond acceptors (Lipinski definition) is 4. The number of aromatic amines is 1. The summed E-state index contributed by atoms with van der Waals surface area (Å²) in [7, 11) is 0. The Morgan fingerprint density at radius 3 is 2.70 bits per heavy atom. The molecule has 1 aromatic heterocycles. The summed E-state index contributed by atoms with van der Waals surface area (Å²) in [4.78, 5) is 25.9. The van der Waals surface area contributed by atoms with Crippen LogP contribution in [0.2, 0.25) is 0 Å². The van der Waals surface area contributed by atoms with Crippen LogP contribution in [0.25, 0.3) is 11.0 Å². The Balaban J connectivity index is 1.39. The van der Waals surface area contributed by atoms with E-state index in [4.69, 9.17) is 4.98 Å². The second kappa shape index (κ2) is 9.63. The Hall–Kier alpha value is -3.37. The number of carbonyl (C=O) groups excluding carboxylic acids is 1. The summed E-state index contributed by atoms with van der Waals surface area (Å²) in [6.07, 6.45) is 5.75. The Morgan fingerprint density at radius 1 is 1.09 bits per heavy atom. The number of hydrogen-bond donors (Lipinski definition) is 2. The van der Waals surface area contributed by atoms with E-state index in [2.05, 4.69) is 21.3 Å². The standard InChI is InChI=1S/C26H30N6O/c27-16-19-8-4-5-9-20(19)17-31-14-15-32(26(33)28-21-10-2-1-3-11-21)24(18-31)25-29-22-12-6-7-13-23(22)30-25/h4-9,12-13,21,24H,1-3,10-11,14-15,17-18H2,(H,28,33)(H,29,30). The third kappa shape index (κ3) is 4.71. The molecule has 0 bridgehead atoms. The number of para-hydroxylation sites is 2. The number of carbonyl (C=O) groups is 1. The van der Waals surface area contributed by atoms with E-state index >= 15 is 0 Å². The second-order valence-corrected chi connectivity index (χ2v) is 9.14. The largest absolute Gasteiger partial charge is 0.340 e.